The Bertz CT molecular complexity index is 867. The van der Waals surface area contributed by atoms with Gasteiger partial charge in [-0.25, -0.2) is 9.59 Å². The van der Waals surface area contributed by atoms with Crippen LogP contribution in [0.4, 0.5) is 4.79 Å². The summed E-state index contributed by atoms with van der Waals surface area (Å²) in [5, 5.41) is 4.67. The minimum Gasteiger partial charge on any atom is -0.489 e. The molecule has 9 nitrogen and oxygen atoms in total. The number of urea groups is 1. The summed E-state index contributed by atoms with van der Waals surface area (Å²) in [6.07, 6.45) is 2.15. The molecule has 0 saturated carbocycles. The van der Waals surface area contributed by atoms with Crippen molar-refractivity contribution in [2.24, 2.45) is 0 Å². The smallest absolute Gasteiger partial charge is 0.338 e. The van der Waals surface area contributed by atoms with Gasteiger partial charge in [0.05, 0.1) is 36.6 Å². The van der Waals surface area contributed by atoms with Crippen LogP contribution in [0.5, 0.6) is 11.5 Å². The van der Waals surface area contributed by atoms with E-state index in [4.69, 9.17) is 30.2 Å². The Morgan fingerprint density at radius 2 is 2.00 bits per heavy atom. The average Bonchev–Trinajstić information content (AvgIpc) is 3.08. The molecule has 148 valence electrons. The van der Waals surface area contributed by atoms with Gasteiger partial charge in [-0.2, -0.15) is 0 Å². The Morgan fingerprint density at radius 1 is 1.18 bits per heavy atom. The van der Waals surface area contributed by atoms with Gasteiger partial charge in [0.1, 0.15) is 5.76 Å². The van der Waals surface area contributed by atoms with E-state index in [0.717, 1.165) is 0 Å². The molecule has 1 aliphatic heterocycles. The molecule has 3 amide bonds. The molecule has 0 unspecified atom stereocenters. The lowest BCUT2D eigenvalue weighted by atomic mass is 10.2. The lowest BCUT2D eigenvalue weighted by Gasteiger charge is -2.11. The standard InChI is InChI=1S/C18H17ClN2O7/c19-13-7-11(8-14-16(13)27-6-2-5-26-14)17(23)28-10-15(22)21-18(24)20-9-12-3-1-4-25-12/h1,3-4,7-8H,2,5-6,9-10H2,(H2,20,21,22,24). The summed E-state index contributed by atoms with van der Waals surface area (Å²) in [5.74, 6) is -0.352. The third-order valence-electron chi connectivity index (χ3n) is 3.63. The van der Waals surface area contributed by atoms with Gasteiger partial charge in [0.15, 0.2) is 18.1 Å². The zero-order chi connectivity index (χ0) is 19.9. The number of esters is 1. The summed E-state index contributed by atoms with van der Waals surface area (Å²) < 4.78 is 20.9. The van der Waals surface area contributed by atoms with Crippen LogP contribution in [-0.4, -0.2) is 37.7 Å². The Kier molecular flexibility index (Phi) is 6.38. The molecule has 28 heavy (non-hydrogen) atoms. The van der Waals surface area contributed by atoms with E-state index in [0.29, 0.717) is 36.9 Å². The number of imide groups is 1. The molecule has 0 spiro atoms. The summed E-state index contributed by atoms with van der Waals surface area (Å²) in [4.78, 5) is 35.6. The topological polar surface area (TPSA) is 116 Å². The molecule has 0 fully saturated rings. The predicted molar refractivity (Wildman–Crippen MR) is 96.4 cm³/mol. The SMILES string of the molecule is O=C(COC(=O)c1cc(Cl)c2c(c1)OCCCO2)NC(=O)NCc1ccco1. The monoisotopic (exact) mass is 408 g/mol. The highest BCUT2D eigenvalue weighted by atomic mass is 35.5. The summed E-state index contributed by atoms with van der Waals surface area (Å²) in [7, 11) is 0. The van der Waals surface area contributed by atoms with Gasteiger partial charge < -0.3 is 23.9 Å². The van der Waals surface area contributed by atoms with Crippen LogP contribution in [0, 0.1) is 0 Å². The van der Waals surface area contributed by atoms with Gasteiger partial charge in [-0.15, -0.1) is 0 Å². The van der Waals surface area contributed by atoms with Crippen LogP contribution < -0.4 is 20.1 Å². The largest absolute Gasteiger partial charge is 0.489 e. The van der Waals surface area contributed by atoms with E-state index in [1.54, 1.807) is 12.1 Å². The van der Waals surface area contributed by atoms with Gasteiger partial charge >= 0.3 is 12.0 Å². The first-order chi connectivity index (χ1) is 13.5. The molecule has 2 aromatic rings. The minimum absolute atomic E-state index is 0.101. The van der Waals surface area contributed by atoms with Crippen LogP contribution >= 0.6 is 11.6 Å². The van der Waals surface area contributed by atoms with Gasteiger partial charge in [-0.3, -0.25) is 10.1 Å². The quantitative estimate of drug-likeness (QED) is 0.729. The molecule has 10 heteroatoms. The second kappa shape index (κ2) is 9.14. The van der Waals surface area contributed by atoms with E-state index in [-0.39, 0.29) is 17.1 Å². The first-order valence-electron chi connectivity index (χ1n) is 8.39. The molecule has 3 rings (SSSR count). The number of carbonyl (C=O) groups is 3. The number of nitrogens with one attached hydrogen (secondary N) is 2. The predicted octanol–water partition coefficient (Wildman–Crippen LogP) is 2.28. The van der Waals surface area contributed by atoms with Crippen molar-refractivity contribution in [3.63, 3.8) is 0 Å². The Hall–Kier alpha value is -3.20. The van der Waals surface area contributed by atoms with Crippen molar-refractivity contribution in [1.29, 1.82) is 0 Å². The molecule has 2 N–H and O–H groups in total. The van der Waals surface area contributed by atoms with Gasteiger partial charge in [0.25, 0.3) is 5.91 Å². The normalized spacial score (nSPS) is 12.6. The number of hydrogen-bond donors (Lipinski definition) is 2. The van der Waals surface area contributed by atoms with E-state index in [1.165, 1.54) is 18.4 Å². The first-order valence-corrected chi connectivity index (χ1v) is 8.77. The van der Waals surface area contributed by atoms with Crippen LogP contribution in [0.15, 0.2) is 34.9 Å². The summed E-state index contributed by atoms with van der Waals surface area (Å²) in [6.45, 7) is 0.358. The highest BCUT2D eigenvalue weighted by Crippen LogP contribution is 2.38. The maximum Gasteiger partial charge on any atom is 0.338 e. The number of furan rings is 1. The zero-order valence-corrected chi connectivity index (χ0v) is 15.4. The zero-order valence-electron chi connectivity index (χ0n) is 14.7. The maximum absolute atomic E-state index is 12.2. The number of hydrogen-bond acceptors (Lipinski definition) is 7. The van der Waals surface area contributed by atoms with Gasteiger partial charge in [-0.05, 0) is 24.3 Å². The first kappa shape index (κ1) is 19.6. The van der Waals surface area contributed by atoms with Crippen molar-refractivity contribution in [3.8, 4) is 11.5 Å². The highest BCUT2D eigenvalue weighted by Gasteiger charge is 2.20. The number of fused-ring (bicyclic) bond motifs is 1. The number of rotatable bonds is 5. The van der Waals surface area contributed by atoms with Crippen LogP contribution in [0.3, 0.4) is 0 Å². The number of halogens is 1. The summed E-state index contributed by atoms with van der Waals surface area (Å²) in [6, 6.07) is 5.40. The molecule has 1 aromatic carbocycles. The van der Waals surface area contributed by atoms with Crippen LogP contribution in [-0.2, 0) is 16.1 Å². The summed E-state index contributed by atoms with van der Waals surface area (Å²) >= 11 is 6.12. The van der Waals surface area contributed by atoms with Gasteiger partial charge in [-0.1, -0.05) is 11.6 Å². The second-order valence-corrected chi connectivity index (χ2v) is 6.13. The fourth-order valence-corrected chi connectivity index (χ4v) is 2.62. The van der Waals surface area contributed by atoms with E-state index in [2.05, 4.69) is 5.32 Å². The molecule has 2 heterocycles. The van der Waals surface area contributed by atoms with Crippen molar-refractivity contribution in [2.45, 2.75) is 13.0 Å². The molecule has 1 aliphatic rings. The van der Waals surface area contributed by atoms with Crippen molar-refractivity contribution in [1.82, 2.24) is 10.6 Å². The number of benzene rings is 1. The lowest BCUT2D eigenvalue weighted by Crippen LogP contribution is -2.41. The van der Waals surface area contributed by atoms with E-state index >= 15 is 0 Å². The molecule has 0 atom stereocenters. The van der Waals surface area contributed by atoms with Crippen molar-refractivity contribution < 1.29 is 33.0 Å². The minimum atomic E-state index is -0.788. The van der Waals surface area contributed by atoms with E-state index in [9.17, 15) is 14.4 Å². The molecular weight excluding hydrogens is 392 g/mol. The molecule has 0 radical (unpaired) electrons. The highest BCUT2D eigenvalue weighted by molar-refractivity contribution is 6.32. The Labute approximate surface area is 164 Å². The van der Waals surface area contributed by atoms with Crippen LogP contribution in [0.1, 0.15) is 22.5 Å². The van der Waals surface area contributed by atoms with E-state index in [1.807, 2.05) is 5.32 Å². The average molecular weight is 409 g/mol. The fraction of sp³-hybridized carbons (Fsp3) is 0.278. The molecule has 0 saturated heterocycles. The van der Waals surface area contributed by atoms with Crippen LogP contribution in [0.25, 0.3) is 0 Å². The number of ether oxygens (including phenoxy) is 3. The van der Waals surface area contributed by atoms with Gasteiger partial charge in [0, 0.05) is 6.42 Å². The maximum atomic E-state index is 12.2. The van der Waals surface area contributed by atoms with Crippen LogP contribution in [0.2, 0.25) is 5.02 Å². The van der Waals surface area contributed by atoms with Crippen molar-refractivity contribution >= 4 is 29.5 Å². The molecule has 0 bridgehead atoms. The third kappa shape index (κ3) is 5.17. The van der Waals surface area contributed by atoms with Crippen molar-refractivity contribution in [3.05, 3.63) is 46.9 Å². The number of carbonyl (C=O) groups excluding carboxylic acids is 3. The fourth-order valence-electron chi connectivity index (χ4n) is 2.35. The summed E-state index contributed by atoms with van der Waals surface area (Å²) in [5.41, 5.74) is 0.101. The molecule has 1 aromatic heterocycles. The second-order valence-electron chi connectivity index (χ2n) is 5.72. The third-order valence-corrected chi connectivity index (χ3v) is 3.91. The van der Waals surface area contributed by atoms with Crippen molar-refractivity contribution in [2.75, 3.05) is 19.8 Å². The Balaban J connectivity index is 1.49. The number of amides is 3. The van der Waals surface area contributed by atoms with Gasteiger partial charge in [0.2, 0.25) is 0 Å². The Morgan fingerprint density at radius 3 is 2.79 bits per heavy atom. The molecular formula is C18H17ClN2O7. The van der Waals surface area contributed by atoms with E-state index < -0.39 is 24.5 Å². The molecule has 0 aliphatic carbocycles. The lowest BCUT2D eigenvalue weighted by molar-refractivity contribution is -0.123.